The Labute approximate surface area is 194 Å². The quantitative estimate of drug-likeness (QED) is 0.132. The summed E-state index contributed by atoms with van der Waals surface area (Å²) in [6.07, 6.45) is 0. The van der Waals surface area contributed by atoms with Crippen molar-refractivity contribution >= 4 is 23.1 Å². The Morgan fingerprint density at radius 2 is 1.79 bits per heavy atom. The molecular weight excluding hydrogens is 448 g/mol. The number of methoxy groups -OCH3 is 2. The summed E-state index contributed by atoms with van der Waals surface area (Å²) in [6.45, 7) is -0.0977. The number of aliphatic hydroxyl groups excluding tert-OH is 2. The third-order valence-electron chi connectivity index (χ3n) is 5.34. The Balaban J connectivity index is 2.14. The molecule has 0 unspecified atom stereocenters. The highest BCUT2D eigenvalue weighted by molar-refractivity contribution is 6.46. The molecule has 1 amide bonds. The second-order valence-corrected chi connectivity index (χ2v) is 7.24. The van der Waals surface area contributed by atoms with E-state index in [0.29, 0.717) is 17.1 Å². The lowest BCUT2D eigenvalue weighted by Gasteiger charge is -2.26. The Bertz CT molecular complexity index is 1110. The summed E-state index contributed by atoms with van der Waals surface area (Å²) >= 11 is 0. The lowest BCUT2D eigenvalue weighted by atomic mass is 9.94. The molecule has 0 aliphatic carbocycles. The molecule has 0 saturated carbocycles. The molecule has 1 heterocycles. The number of benzene rings is 2. The van der Waals surface area contributed by atoms with Crippen molar-refractivity contribution in [2.75, 3.05) is 40.6 Å². The number of nitro benzene ring substituents is 1. The van der Waals surface area contributed by atoms with Gasteiger partial charge in [0.1, 0.15) is 17.3 Å². The molecule has 1 aliphatic heterocycles. The number of aliphatic hydroxyl groups is 2. The van der Waals surface area contributed by atoms with E-state index in [-0.39, 0.29) is 43.2 Å². The van der Waals surface area contributed by atoms with Crippen LogP contribution in [0.1, 0.15) is 17.2 Å². The van der Waals surface area contributed by atoms with Gasteiger partial charge in [0.15, 0.2) is 0 Å². The average Bonchev–Trinajstić information content (AvgIpc) is 3.10. The van der Waals surface area contributed by atoms with Gasteiger partial charge in [-0.05, 0) is 24.3 Å². The number of non-ortho nitro benzene ring substituents is 1. The van der Waals surface area contributed by atoms with Gasteiger partial charge in [-0.2, -0.15) is 0 Å². The van der Waals surface area contributed by atoms with Gasteiger partial charge >= 0.3 is 0 Å². The Hall–Kier alpha value is -3.96. The number of carbonyl (C=O) groups is 2. The zero-order valence-corrected chi connectivity index (χ0v) is 18.6. The fraction of sp³-hybridized carbons (Fsp3) is 0.304. The van der Waals surface area contributed by atoms with Crippen LogP contribution >= 0.6 is 0 Å². The molecule has 0 spiro atoms. The predicted octanol–water partition coefficient (Wildman–Crippen LogP) is 2.04. The lowest BCUT2D eigenvalue weighted by molar-refractivity contribution is -0.384. The van der Waals surface area contributed by atoms with Crippen LogP contribution in [0.4, 0.5) is 5.69 Å². The van der Waals surface area contributed by atoms with Crippen LogP contribution in [0.25, 0.3) is 5.76 Å². The van der Waals surface area contributed by atoms with Crippen LogP contribution in [0.5, 0.6) is 11.5 Å². The number of nitrogens with zero attached hydrogens (tertiary/aromatic N) is 2. The molecule has 11 heteroatoms. The van der Waals surface area contributed by atoms with Crippen molar-refractivity contribution < 1.29 is 38.9 Å². The molecule has 1 atom stereocenters. The number of hydrogen-bond acceptors (Lipinski definition) is 9. The smallest absolute Gasteiger partial charge is 0.295 e. The van der Waals surface area contributed by atoms with Gasteiger partial charge in [0.2, 0.25) is 0 Å². The van der Waals surface area contributed by atoms with Crippen molar-refractivity contribution in [1.82, 2.24) is 4.90 Å². The number of rotatable bonds is 10. The molecule has 1 aliphatic rings. The van der Waals surface area contributed by atoms with Crippen molar-refractivity contribution in [2.24, 2.45) is 0 Å². The zero-order chi connectivity index (χ0) is 24.8. The topological polar surface area (TPSA) is 149 Å². The molecule has 0 aromatic heterocycles. The first-order valence-electron chi connectivity index (χ1n) is 10.3. The van der Waals surface area contributed by atoms with E-state index in [9.17, 15) is 24.8 Å². The molecule has 180 valence electrons. The molecule has 0 bridgehead atoms. The number of likely N-dealkylation sites (tertiary alicyclic amines) is 1. The molecule has 0 radical (unpaired) electrons. The summed E-state index contributed by atoms with van der Waals surface area (Å²) in [7, 11) is 2.90. The number of ketones is 1. The van der Waals surface area contributed by atoms with Crippen LogP contribution in [0, 0.1) is 10.1 Å². The normalized spacial score (nSPS) is 17.1. The minimum absolute atomic E-state index is 0.00145. The first-order chi connectivity index (χ1) is 16.3. The average molecular weight is 472 g/mol. The summed E-state index contributed by atoms with van der Waals surface area (Å²) in [5.41, 5.74) is 0.182. The monoisotopic (exact) mass is 472 g/mol. The van der Waals surface area contributed by atoms with Crippen LogP contribution < -0.4 is 9.47 Å². The molecule has 2 aromatic carbocycles. The van der Waals surface area contributed by atoms with E-state index >= 15 is 0 Å². The van der Waals surface area contributed by atoms with Crippen LogP contribution in [-0.2, 0) is 14.3 Å². The first kappa shape index (κ1) is 24.7. The van der Waals surface area contributed by atoms with Crippen LogP contribution in [-0.4, -0.2) is 72.3 Å². The van der Waals surface area contributed by atoms with E-state index in [2.05, 4.69) is 0 Å². The third-order valence-corrected chi connectivity index (χ3v) is 5.34. The van der Waals surface area contributed by atoms with Gasteiger partial charge in [0.25, 0.3) is 17.4 Å². The number of carbonyl (C=O) groups excluding carboxylic acids is 2. The number of nitro groups is 1. The van der Waals surface area contributed by atoms with E-state index in [0.717, 1.165) is 0 Å². The van der Waals surface area contributed by atoms with E-state index in [1.807, 2.05) is 0 Å². The van der Waals surface area contributed by atoms with E-state index in [4.69, 9.17) is 19.3 Å². The summed E-state index contributed by atoms with van der Waals surface area (Å²) in [5, 5.41) is 30.9. The highest BCUT2D eigenvalue weighted by Crippen LogP contribution is 2.43. The van der Waals surface area contributed by atoms with Crippen molar-refractivity contribution in [1.29, 1.82) is 0 Å². The summed E-state index contributed by atoms with van der Waals surface area (Å²) in [5.74, 6) is -1.43. The number of hydrogen-bond donors (Lipinski definition) is 2. The molecule has 2 aromatic rings. The minimum Gasteiger partial charge on any atom is -0.507 e. The number of Topliss-reactive ketones (excluding diaryl/α,β-unsaturated/α-hetero) is 1. The van der Waals surface area contributed by atoms with Gasteiger partial charge in [-0.3, -0.25) is 19.7 Å². The molecule has 3 rings (SSSR count). The Morgan fingerprint density at radius 3 is 2.38 bits per heavy atom. The summed E-state index contributed by atoms with van der Waals surface area (Å²) < 4.78 is 16.0. The van der Waals surface area contributed by atoms with Crippen LogP contribution in [0.2, 0.25) is 0 Å². The summed E-state index contributed by atoms with van der Waals surface area (Å²) in [4.78, 5) is 37.6. The number of ether oxygens (including phenoxy) is 3. The Morgan fingerprint density at radius 1 is 1.09 bits per heavy atom. The molecule has 11 nitrogen and oxygen atoms in total. The minimum atomic E-state index is -1.02. The maximum atomic E-state index is 13.0. The van der Waals surface area contributed by atoms with Gasteiger partial charge in [-0.25, -0.2) is 0 Å². The standard InChI is InChI=1S/C23H24N2O9/c1-32-16-7-8-17(18(13-16)33-2)20-19(21(27)14-3-5-15(6-4-14)25(30)31)22(28)23(29)24(20)9-11-34-12-10-26/h3-8,13,20,26-27H,9-12H2,1-2H3/t20-/m0/s1. The first-order valence-corrected chi connectivity index (χ1v) is 10.3. The van der Waals surface area contributed by atoms with Crippen LogP contribution in [0.15, 0.2) is 48.0 Å². The van der Waals surface area contributed by atoms with Crippen molar-refractivity contribution in [3.05, 3.63) is 69.3 Å². The maximum Gasteiger partial charge on any atom is 0.295 e. The van der Waals surface area contributed by atoms with E-state index in [1.54, 1.807) is 18.2 Å². The summed E-state index contributed by atoms with van der Waals surface area (Å²) in [6, 6.07) is 8.80. The van der Waals surface area contributed by atoms with Gasteiger partial charge in [0.05, 0.1) is 50.6 Å². The molecule has 1 saturated heterocycles. The third kappa shape index (κ3) is 4.85. The van der Waals surface area contributed by atoms with E-state index in [1.165, 1.54) is 43.4 Å². The fourth-order valence-corrected chi connectivity index (χ4v) is 3.70. The van der Waals surface area contributed by atoms with Crippen molar-refractivity contribution in [3.8, 4) is 11.5 Å². The largest absolute Gasteiger partial charge is 0.507 e. The lowest BCUT2D eigenvalue weighted by Crippen LogP contribution is -2.33. The molecule has 2 N–H and O–H groups in total. The van der Waals surface area contributed by atoms with Crippen molar-refractivity contribution in [3.63, 3.8) is 0 Å². The van der Waals surface area contributed by atoms with Crippen molar-refractivity contribution in [2.45, 2.75) is 6.04 Å². The highest BCUT2D eigenvalue weighted by Gasteiger charge is 2.47. The fourth-order valence-electron chi connectivity index (χ4n) is 3.70. The predicted molar refractivity (Wildman–Crippen MR) is 120 cm³/mol. The molecular formula is C23H24N2O9. The Kier molecular flexibility index (Phi) is 7.82. The van der Waals surface area contributed by atoms with Gasteiger partial charge in [-0.15, -0.1) is 0 Å². The van der Waals surface area contributed by atoms with Gasteiger partial charge in [-0.1, -0.05) is 0 Å². The highest BCUT2D eigenvalue weighted by atomic mass is 16.6. The number of amides is 1. The van der Waals surface area contributed by atoms with Gasteiger partial charge in [0, 0.05) is 35.9 Å². The SMILES string of the molecule is COc1ccc([C@H]2C(=C(O)c3ccc([N+](=O)[O-])cc3)C(=O)C(=O)N2CCOCCO)c(OC)c1. The van der Waals surface area contributed by atoms with Crippen LogP contribution in [0.3, 0.4) is 0 Å². The molecule has 1 fully saturated rings. The second-order valence-electron chi connectivity index (χ2n) is 7.24. The molecule has 34 heavy (non-hydrogen) atoms. The van der Waals surface area contributed by atoms with Gasteiger partial charge < -0.3 is 29.3 Å². The maximum absolute atomic E-state index is 13.0. The van der Waals surface area contributed by atoms with E-state index < -0.39 is 28.4 Å². The zero-order valence-electron chi connectivity index (χ0n) is 18.6. The second kappa shape index (κ2) is 10.8.